The van der Waals surface area contributed by atoms with Crippen LogP contribution in [0.25, 0.3) is 0 Å². The maximum Gasteiger partial charge on any atom is 0.315 e. The minimum atomic E-state index is -0.949. The van der Waals surface area contributed by atoms with Crippen molar-refractivity contribution in [1.29, 1.82) is 0 Å². The van der Waals surface area contributed by atoms with E-state index in [2.05, 4.69) is 0 Å². The van der Waals surface area contributed by atoms with E-state index in [0.29, 0.717) is 19.3 Å². The quantitative estimate of drug-likeness (QED) is 0.518. The van der Waals surface area contributed by atoms with E-state index in [1.807, 2.05) is 30.3 Å². The van der Waals surface area contributed by atoms with E-state index in [9.17, 15) is 14.0 Å². The van der Waals surface area contributed by atoms with E-state index < -0.39 is 24.0 Å². The van der Waals surface area contributed by atoms with Gasteiger partial charge >= 0.3 is 11.9 Å². The number of carbonyl (C=O) groups is 2. The van der Waals surface area contributed by atoms with Crippen molar-refractivity contribution in [2.24, 2.45) is 5.41 Å². The van der Waals surface area contributed by atoms with Crippen LogP contribution in [0, 0.1) is 5.41 Å². The molecule has 0 saturated carbocycles. The van der Waals surface area contributed by atoms with Crippen LogP contribution < -0.4 is 0 Å². The van der Waals surface area contributed by atoms with Gasteiger partial charge in [-0.3, -0.25) is 14.0 Å². The van der Waals surface area contributed by atoms with Gasteiger partial charge in [0.1, 0.15) is 13.2 Å². The third-order valence-corrected chi connectivity index (χ3v) is 3.41. The Morgan fingerprint density at radius 2 is 1.82 bits per heavy atom. The molecule has 1 aromatic carbocycles. The molecule has 0 amide bonds. The minimum Gasteiger partial charge on any atom is -0.465 e. The number of hydrogen-bond acceptors (Lipinski definition) is 4. The lowest BCUT2D eigenvalue weighted by Crippen LogP contribution is -2.35. The molecule has 0 aliphatic carbocycles. The van der Waals surface area contributed by atoms with Crippen LogP contribution in [0.2, 0.25) is 0 Å². The average molecular weight is 310 g/mol. The Bertz CT molecular complexity index is 475. The van der Waals surface area contributed by atoms with E-state index in [-0.39, 0.29) is 13.2 Å². The van der Waals surface area contributed by atoms with E-state index in [1.54, 1.807) is 6.92 Å². The second-order valence-corrected chi connectivity index (χ2v) is 5.55. The van der Waals surface area contributed by atoms with Gasteiger partial charge < -0.3 is 9.47 Å². The molecule has 0 aliphatic rings. The molecule has 0 spiro atoms. The number of alkyl halides is 1. The summed E-state index contributed by atoms with van der Waals surface area (Å²) in [5.41, 5.74) is -0.0650. The molecule has 122 valence electrons. The molecule has 1 rings (SSSR count). The molecular formula is C17H23FO4. The summed E-state index contributed by atoms with van der Waals surface area (Å²) >= 11 is 0. The molecule has 0 radical (unpaired) electrons. The van der Waals surface area contributed by atoms with Gasteiger partial charge in [-0.1, -0.05) is 30.3 Å². The van der Waals surface area contributed by atoms with Crippen molar-refractivity contribution in [1.82, 2.24) is 0 Å². The fraction of sp³-hybridized carbons (Fsp3) is 0.529. The Balaban J connectivity index is 2.62. The molecule has 0 fully saturated rings. The van der Waals surface area contributed by atoms with Crippen LogP contribution in [0.3, 0.4) is 0 Å². The summed E-state index contributed by atoms with van der Waals surface area (Å²) in [5.74, 6) is -0.885. The standard InChI is InChI=1S/C17H23FO4/c1-14(19)22-13-17(2,10-6-7-11-18)16(20)21-12-15-8-4-3-5-9-15/h3-5,8-9H,6-7,10-13H2,1-2H3. The van der Waals surface area contributed by atoms with Gasteiger partial charge in [-0.25, -0.2) is 0 Å². The van der Waals surface area contributed by atoms with E-state index in [1.165, 1.54) is 6.92 Å². The first-order valence-electron chi connectivity index (χ1n) is 7.38. The smallest absolute Gasteiger partial charge is 0.315 e. The number of ether oxygens (including phenoxy) is 2. The van der Waals surface area contributed by atoms with Crippen molar-refractivity contribution in [3.8, 4) is 0 Å². The van der Waals surface area contributed by atoms with Crippen LogP contribution in [-0.2, 0) is 25.7 Å². The number of benzene rings is 1. The van der Waals surface area contributed by atoms with E-state index in [4.69, 9.17) is 9.47 Å². The van der Waals surface area contributed by atoms with Gasteiger partial charge in [0.05, 0.1) is 12.1 Å². The van der Waals surface area contributed by atoms with Crippen molar-refractivity contribution in [2.75, 3.05) is 13.3 Å². The molecule has 1 unspecified atom stereocenters. The molecule has 5 heteroatoms. The summed E-state index contributed by atoms with van der Waals surface area (Å²) in [4.78, 5) is 23.3. The Kier molecular flexibility index (Phi) is 7.57. The Labute approximate surface area is 130 Å². The monoisotopic (exact) mass is 310 g/mol. The highest BCUT2D eigenvalue weighted by Gasteiger charge is 2.36. The predicted octanol–water partition coefficient (Wildman–Crippen LogP) is 3.44. The second kappa shape index (κ2) is 9.18. The van der Waals surface area contributed by atoms with Crippen LogP contribution in [0.5, 0.6) is 0 Å². The lowest BCUT2D eigenvalue weighted by Gasteiger charge is -2.26. The summed E-state index contributed by atoms with van der Waals surface area (Å²) in [6.07, 6.45) is 1.33. The Morgan fingerprint density at radius 1 is 1.14 bits per heavy atom. The third-order valence-electron chi connectivity index (χ3n) is 3.41. The van der Waals surface area contributed by atoms with Gasteiger partial charge in [-0.2, -0.15) is 0 Å². The molecule has 1 atom stereocenters. The van der Waals surface area contributed by atoms with Crippen molar-refractivity contribution in [2.45, 2.75) is 39.7 Å². The van der Waals surface area contributed by atoms with E-state index in [0.717, 1.165) is 5.56 Å². The molecule has 4 nitrogen and oxygen atoms in total. The molecule has 1 aromatic rings. The number of rotatable bonds is 9. The number of hydrogen-bond donors (Lipinski definition) is 0. The zero-order chi connectivity index (χ0) is 16.4. The van der Waals surface area contributed by atoms with E-state index >= 15 is 0 Å². The summed E-state index contributed by atoms with van der Waals surface area (Å²) in [6.45, 7) is 2.65. The van der Waals surface area contributed by atoms with Gasteiger partial charge in [0, 0.05) is 6.92 Å². The molecule has 22 heavy (non-hydrogen) atoms. The largest absolute Gasteiger partial charge is 0.465 e. The van der Waals surface area contributed by atoms with Crippen LogP contribution >= 0.6 is 0 Å². The molecule has 0 aromatic heterocycles. The molecule has 0 bridgehead atoms. The predicted molar refractivity (Wildman–Crippen MR) is 80.8 cm³/mol. The molecule has 0 heterocycles. The minimum absolute atomic E-state index is 0.0533. The van der Waals surface area contributed by atoms with Gasteiger partial charge in [-0.05, 0) is 31.7 Å². The van der Waals surface area contributed by atoms with Crippen molar-refractivity contribution in [3.63, 3.8) is 0 Å². The summed E-state index contributed by atoms with van der Waals surface area (Å²) < 4.78 is 22.6. The lowest BCUT2D eigenvalue weighted by molar-refractivity contribution is -0.164. The number of unbranched alkanes of at least 4 members (excludes halogenated alkanes) is 1. The van der Waals surface area contributed by atoms with Gasteiger partial charge in [0.2, 0.25) is 0 Å². The molecule has 0 aliphatic heterocycles. The Morgan fingerprint density at radius 3 is 2.41 bits per heavy atom. The van der Waals surface area contributed by atoms with Crippen molar-refractivity contribution >= 4 is 11.9 Å². The lowest BCUT2D eigenvalue weighted by atomic mass is 9.85. The summed E-state index contributed by atoms with van der Waals surface area (Å²) in [7, 11) is 0. The number of esters is 2. The topological polar surface area (TPSA) is 52.6 Å². The first-order valence-corrected chi connectivity index (χ1v) is 7.38. The van der Waals surface area contributed by atoms with Crippen LogP contribution in [0.4, 0.5) is 4.39 Å². The fourth-order valence-electron chi connectivity index (χ4n) is 2.00. The molecule has 0 N–H and O–H groups in total. The average Bonchev–Trinajstić information content (AvgIpc) is 2.52. The van der Waals surface area contributed by atoms with Crippen molar-refractivity contribution < 1.29 is 23.5 Å². The first kappa shape index (κ1) is 18.1. The normalized spacial score (nSPS) is 13.2. The molecular weight excluding hydrogens is 287 g/mol. The van der Waals surface area contributed by atoms with Gasteiger partial charge in [0.25, 0.3) is 0 Å². The molecule has 0 saturated heterocycles. The highest BCUT2D eigenvalue weighted by atomic mass is 19.1. The highest BCUT2D eigenvalue weighted by Crippen LogP contribution is 2.27. The summed E-state index contributed by atoms with van der Waals surface area (Å²) in [6, 6.07) is 9.33. The van der Waals surface area contributed by atoms with Crippen LogP contribution in [-0.4, -0.2) is 25.2 Å². The van der Waals surface area contributed by atoms with Crippen LogP contribution in [0.1, 0.15) is 38.7 Å². The van der Waals surface area contributed by atoms with Crippen LogP contribution in [0.15, 0.2) is 30.3 Å². The SMILES string of the molecule is CC(=O)OCC(C)(CCCCF)C(=O)OCc1ccccc1. The third kappa shape index (κ3) is 6.24. The Hall–Kier alpha value is -1.91. The zero-order valence-corrected chi connectivity index (χ0v) is 13.1. The van der Waals surface area contributed by atoms with Crippen molar-refractivity contribution in [3.05, 3.63) is 35.9 Å². The fourth-order valence-corrected chi connectivity index (χ4v) is 2.00. The first-order chi connectivity index (χ1) is 10.5. The highest BCUT2D eigenvalue weighted by molar-refractivity contribution is 5.77. The maximum absolute atomic E-state index is 12.3. The zero-order valence-electron chi connectivity index (χ0n) is 13.1. The van der Waals surface area contributed by atoms with Gasteiger partial charge in [0.15, 0.2) is 0 Å². The summed E-state index contributed by atoms with van der Waals surface area (Å²) in [5, 5.41) is 0. The number of carbonyl (C=O) groups excluding carboxylic acids is 2. The second-order valence-electron chi connectivity index (χ2n) is 5.55. The maximum atomic E-state index is 12.3. The number of halogens is 1. The van der Waals surface area contributed by atoms with Gasteiger partial charge in [-0.15, -0.1) is 0 Å².